The van der Waals surface area contributed by atoms with Crippen LogP contribution in [0.4, 0.5) is 18.9 Å². The molecule has 116 valence electrons. The standard InChI is InChI=1S/C12H13F3N2O4/c1-2-8(6-18)16-11(19)9-4-3-7(12(13,14)15)5-10(9)17(20)21/h3-5,8,18H,2,6H2,1H3,(H,16,19). The number of halogens is 3. The molecule has 1 aromatic carbocycles. The van der Waals surface area contributed by atoms with Gasteiger partial charge >= 0.3 is 6.18 Å². The summed E-state index contributed by atoms with van der Waals surface area (Å²) in [6, 6.07) is 1.04. The summed E-state index contributed by atoms with van der Waals surface area (Å²) in [7, 11) is 0. The van der Waals surface area contributed by atoms with Gasteiger partial charge in [-0.25, -0.2) is 0 Å². The van der Waals surface area contributed by atoms with Crippen LogP contribution in [0.25, 0.3) is 0 Å². The molecule has 6 nitrogen and oxygen atoms in total. The lowest BCUT2D eigenvalue weighted by Crippen LogP contribution is -2.37. The first-order valence-corrected chi connectivity index (χ1v) is 5.98. The quantitative estimate of drug-likeness (QED) is 0.643. The maximum Gasteiger partial charge on any atom is 0.416 e. The summed E-state index contributed by atoms with van der Waals surface area (Å²) >= 11 is 0. The highest BCUT2D eigenvalue weighted by Gasteiger charge is 2.34. The molecule has 1 amide bonds. The number of aliphatic hydroxyl groups excluding tert-OH is 1. The largest absolute Gasteiger partial charge is 0.416 e. The topological polar surface area (TPSA) is 92.5 Å². The molecule has 1 unspecified atom stereocenters. The Bertz CT molecular complexity index is 542. The molecule has 1 atom stereocenters. The van der Waals surface area contributed by atoms with E-state index in [-0.39, 0.29) is 6.61 Å². The second-order valence-electron chi connectivity index (χ2n) is 4.25. The molecular formula is C12H13F3N2O4. The number of nitrogens with zero attached hydrogens (tertiary/aromatic N) is 1. The van der Waals surface area contributed by atoms with E-state index in [2.05, 4.69) is 5.32 Å². The van der Waals surface area contributed by atoms with Crippen LogP contribution in [0.2, 0.25) is 0 Å². The summed E-state index contributed by atoms with van der Waals surface area (Å²) in [5.41, 5.74) is -2.63. The number of carbonyl (C=O) groups excluding carboxylic acids is 1. The number of benzene rings is 1. The fraction of sp³-hybridized carbons (Fsp3) is 0.417. The molecule has 1 aromatic rings. The molecule has 0 saturated carbocycles. The lowest BCUT2D eigenvalue weighted by atomic mass is 10.1. The average Bonchev–Trinajstić information content (AvgIpc) is 2.42. The molecule has 0 saturated heterocycles. The van der Waals surface area contributed by atoms with Gasteiger partial charge in [0.1, 0.15) is 5.56 Å². The third-order valence-electron chi connectivity index (χ3n) is 2.81. The van der Waals surface area contributed by atoms with Crippen LogP contribution in [0, 0.1) is 10.1 Å². The molecular weight excluding hydrogens is 293 g/mol. The summed E-state index contributed by atoms with van der Waals surface area (Å²) < 4.78 is 37.6. The van der Waals surface area contributed by atoms with Gasteiger partial charge in [0.15, 0.2) is 0 Å². The van der Waals surface area contributed by atoms with Crippen molar-refractivity contribution in [2.45, 2.75) is 25.6 Å². The monoisotopic (exact) mass is 306 g/mol. The van der Waals surface area contributed by atoms with Crippen LogP contribution in [0.1, 0.15) is 29.3 Å². The molecule has 0 fully saturated rings. The Hall–Kier alpha value is -2.16. The summed E-state index contributed by atoms with van der Waals surface area (Å²) in [4.78, 5) is 21.6. The molecule has 9 heteroatoms. The van der Waals surface area contributed by atoms with Gasteiger partial charge in [-0.3, -0.25) is 14.9 Å². The Kier molecular flexibility index (Phi) is 5.25. The maximum atomic E-state index is 12.5. The highest BCUT2D eigenvalue weighted by molar-refractivity contribution is 5.98. The zero-order valence-electron chi connectivity index (χ0n) is 11.0. The van der Waals surface area contributed by atoms with Gasteiger partial charge in [0.25, 0.3) is 11.6 Å². The van der Waals surface area contributed by atoms with Gasteiger partial charge in [0, 0.05) is 6.07 Å². The second kappa shape index (κ2) is 6.53. The molecule has 0 heterocycles. The van der Waals surface area contributed by atoms with Gasteiger partial charge in [-0.15, -0.1) is 0 Å². The molecule has 21 heavy (non-hydrogen) atoms. The van der Waals surface area contributed by atoms with Gasteiger partial charge in [-0.05, 0) is 18.6 Å². The molecule has 2 N–H and O–H groups in total. The smallest absolute Gasteiger partial charge is 0.394 e. The second-order valence-corrected chi connectivity index (χ2v) is 4.25. The van der Waals surface area contributed by atoms with Gasteiger partial charge < -0.3 is 10.4 Å². The Balaban J connectivity index is 3.18. The molecule has 1 rings (SSSR count). The van der Waals surface area contributed by atoms with Crippen LogP contribution in [0.15, 0.2) is 18.2 Å². The van der Waals surface area contributed by atoms with E-state index in [0.29, 0.717) is 18.6 Å². The molecule has 0 bridgehead atoms. The normalized spacial score (nSPS) is 12.8. The SMILES string of the molecule is CCC(CO)NC(=O)c1ccc(C(F)(F)F)cc1[N+](=O)[O-]. The van der Waals surface area contributed by atoms with E-state index in [1.807, 2.05) is 0 Å². The van der Waals surface area contributed by atoms with E-state index in [9.17, 15) is 28.1 Å². The number of rotatable bonds is 5. The van der Waals surface area contributed by atoms with Crippen LogP contribution >= 0.6 is 0 Å². The predicted molar refractivity (Wildman–Crippen MR) is 66.7 cm³/mol. The minimum Gasteiger partial charge on any atom is -0.394 e. The van der Waals surface area contributed by atoms with Gasteiger partial charge in [-0.2, -0.15) is 13.2 Å². The van der Waals surface area contributed by atoms with Crippen LogP contribution < -0.4 is 5.32 Å². The molecule has 0 aliphatic heterocycles. The van der Waals surface area contributed by atoms with E-state index in [1.54, 1.807) is 6.92 Å². The lowest BCUT2D eigenvalue weighted by molar-refractivity contribution is -0.385. The number of nitrogens with one attached hydrogen (secondary N) is 1. The molecule has 0 radical (unpaired) electrons. The first-order valence-electron chi connectivity index (χ1n) is 5.98. The highest BCUT2D eigenvalue weighted by Crippen LogP contribution is 2.33. The van der Waals surface area contributed by atoms with E-state index in [0.717, 1.165) is 6.07 Å². The summed E-state index contributed by atoms with van der Waals surface area (Å²) in [5.74, 6) is -0.906. The Morgan fingerprint density at radius 3 is 2.52 bits per heavy atom. The number of nitro benzene ring substituents is 1. The number of amides is 1. The first-order chi connectivity index (χ1) is 9.70. The Morgan fingerprint density at radius 2 is 2.10 bits per heavy atom. The number of hydrogen-bond donors (Lipinski definition) is 2. The zero-order valence-corrected chi connectivity index (χ0v) is 11.0. The van der Waals surface area contributed by atoms with E-state index in [4.69, 9.17) is 5.11 Å². The lowest BCUT2D eigenvalue weighted by Gasteiger charge is -2.14. The van der Waals surface area contributed by atoms with Gasteiger partial charge in [0.05, 0.1) is 23.1 Å². The van der Waals surface area contributed by atoms with Crippen molar-refractivity contribution in [2.24, 2.45) is 0 Å². The van der Waals surface area contributed by atoms with Crippen molar-refractivity contribution < 1.29 is 28.0 Å². The van der Waals surface area contributed by atoms with Crippen LogP contribution in [0.5, 0.6) is 0 Å². The number of alkyl halides is 3. The highest BCUT2D eigenvalue weighted by atomic mass is 19.4. The van der Waals surface area contributed by atoms with Crippen molar-refractivity contribution in [2.75, 3.05) is 6.61 Å². The number of aliphatic hydroxyl groups is 1. The van der Waals surface area contributed by atoms with E-state index < -0.39 is 39.9 Å². The van der Waals surface area contributed by atoms with Crippen molar-refractivity contribution in [1.82, 2.24) is 5.32 Å². The first kappa shape index (κ1) is 16.9. The van der Waals surface area contributed by atoms with Crippen LogP contribution in [-0.4, -0.2) is 28.6 Å². The number of hydrogen-bond acceptors (Lipinski definition) is 4. The summed E-state index contributed by atoms with van der Waals surface area (Å²) in [6.07, 6.45) is -4.37. The molecule has 0 aliphatic rings. The number of carbonyl (C=O) groups is 1. The van der Waals surface area contributed by atoms with Crippen LogP contribution in [0.3, 0.4) is 0 Å². The molecule has 0 spiro atoms. The average molecular weight is 306 g/mol. The van der Waals surface area contributed by atoms with Crippen molar-refractivity contribution in [3.63, 3.8) is 0 Å². The van der Waals surface area contributed by atoms with Gasteiger partial charge in [0.2, 0.25) is 0 Å². The molecule has 0 aromatic heterocycles. The van der Waals surface area contributed by atoms with Crippen molar-refractivity contribution in [3.05, 3.63) is 39.4 Å². The fourth-order valence-electron chi connectivity index (χ4n) is 1.59. The number of nitro groups is 1. The minimum atomic E-state index is -4.74. The zero-order chi connectivity index (χ0) is 16.2. The Morgan fingerprint density at radius 1 is 1.48 bits per heavy atom. The summed E-state index contributed by atoms with van der Waals surface area (Å²) in [5, 5.41) is 22.1. The van der Waals surface area contributed by atoms with Gasteiger partial charge in [-0.1, -0.05) is 6.92 Å². The summed E-state index contributed by atoms with van der Waals surface area (Å²) in [6.45, 7) is 1.29. The maximum absolute atomic E-state index is 12.5. The van der Waals surface area contributed by atoms with Crippen molar-refractivity contribution in [3.8, 4) is 0 Å². The molecule has 0 aliphatic carbocycles. The van der Waals surface area contributed by atoms with E-state index in [1.165, 1.54) is 0 Å². The fourth-order valence-corrected chi connectivity index (χ4v) is 1.59. The van der Waals surface area contributed by atoms with E-state index >= 15 is 0 Å². The predicted octanol–water partition coefficient (Wildman–Crippen LogP) is 2.11. The van der Waals surface area contributed by atoms with Crippen molar-refractivity contribution >= 4 is 11.6 Å². The minimum absolute atomic E-state index is 0.314. The third-order valence-corrected chi connectivity index (χ3v) is 2.81. The van der Waals surface area contributed by atoms with Crippen molar-refractivity contribution in [1.29, 1.82) is 0 Å². The Labute approximate surface area is 117 Å². The third kappa shape index (κ3) is 4.15. The van der Waals surface area contributed by atoms with Crippen LogP contribution in [-0.2, 0) is 6.18 Å².